The number of hydrogen-bond acceptors (Lipinski definition) is 8. The zero-order chi connectivity index (χ0) is 48.5. The summed E-state index contributed by atoms with van der Waals surface area (Å²) in [6, 6.07) is 54.4. The first-order chi connectivity index (χ1) is 34.5. The van der Waals surface area contributed by atoms with Crippen molar-refractivity contribution >= 4 is 59.0 Å². The Kier molecular flexibility index (Phi) is 26.5. The van der Waals surface area contributed by atoms with Crippen LogP contribution >= 0.6 is 47.0 Å². The molecular weight excluding hydrogens is 937 g/mol. The maximum atomic E-state index is 12.9. The summed E-state index contributed by atoms with van der Waals surface area (Å²) >= 11 is 7.20. The summed E-state index contributed by atoms with van der Waals surface area (Å²) in [6.45, 7) is 0. The largest absolute Gasteiger partial charge is 0.427 e. The van der Waals surface area contributed by atoms with Crippen LogP contribution in [0.15, 0.2) is 189 Å². The Morgan fingerprint density at radius 3 is 0.871 bits per heavy atom. The molecular formula is C62H72O4S4. The molecule has 8 heteroatoms. The van der Waals surface area contributed by atoms with Gasteiger partial charge in [-0.15, -0.1) is 47.0 Å². The molecule has 0 atom stereocenters. The van der Waals surface area contributed by atoms with Crippen LogP contribution in [0.5, 0.6) is 11.5 Å². The number of unbranched alkanes of at least 4 members (excludes halogenated alkanes) is 14. The van der Waals surface area contributed by atoms with Crippen molar-refractivity contribution < 1.29 is 19.1 Å². The molecule has 0 heterocycles. The Labute approximate surface area is 437 Å². The van der Waals surface area contributed by atoms with Crippen molar-refractivity contribution in [1.29, 1.82) is 0 Å². The Bertz CT molecular complexity index is 2100. The molecule has 0 amide bonds. The van der Waals surface area contributed by atoms with Crippen molar-refractivity contribution in [3.8, 4) is 11.5 Å². The molecule has 0 unspecified atom stereocenters. The minimum Gasteiger partial charge on any atom is -0.427 e. The number of allylic oxidation sites excluding steroid dienone is 2. The van der Waals surface area contributed by atoms with Crippen molar-refractivity contribution in [2.24, 2.45) is 0 Å². The lowest BCUT2D eigenvalue weighted by molar-refractivity contribution is -0.135. The van der Waals surface area contributed by atoms with Crippen LogP contribution in [-0.2, 0) is 32.6 Å². The monoisotopic (exact) mass is 1010 g/mol. The summed E-state index contributed by atoms with van der Waals surface area (Å²) in [7, 11) is 0. The predicted molar refractivity (Wildman–Crippen MR) is 300 cm³/mol. The van der Waals surface area contributed by atoms with Crippen LogP contribution in [-0.4, -0.2) is 11.9 Å². The molecule has 0 aliphatic carbocycles. The lowest BCUT2D eigenvalue weighted by Crippen LogP contribution is -2.08. The van der Waals surface area contributed by atoms with E-state index in [4.69, 9.17) is 9.47 Å². The van der Waals surface area contributed by atoms with Gasteiger partial charge in [0.2, 0.25) is 0 Å². The quantitative estimate of drug-likeness (QED) is 0.0130. The zero-order valence-corrected chi connectivity index (χ0v) is 44.3. The number of esters is 2. The lowest BCUT2D eigenvalue weighted by atomic mass is 10.1. The van der Waals surface area contributed by atoms with Gasteiger partial charge in [0.15, 0.2) is 0 Å². The number of ether oxygens (including phenoxy) is 2. The average Bonchev–Trinajstić information content (AvgIpc) is 3.39. The molecule has 4 nitrogen and oxygen atoms in total. The maximum absolute atomic E-state index is 12.9. The highest BCUT2D eigenvalue weighted by Crippen LogP contribution is 2.32. The maximum Gasteiger partial charge on any atom is 0.311 e. The van der Waals surface area contributed by atoms with Crippen molar-refractivity contribution in [3.63, 3.8) is 0 Å². The molecule has 0 N–H and O–H groups in total. The van der Waals surface area contributed by atoms with Crippen molar-refractivity contribution in [3.05, 3.63) is 192 Å². The smallest absolute Gasteiger partial charge is 0.311 e. The first-order valence-corrected chi connectivity index (χ1v) is 29.5. The summed E-state index contributed by atoms with van der Waals surface area (Å²) in [6.07, 6.45) is 24.2. The third-order valence-electron chi connectivity index (χ3n) is 11.8. The fourth-order valence-electron chi connectivity index (χ4n) is 8.07. The Balaban J connectivity index is 0.745. The molecule has 0 fully saturated rings. The van der Waals surface area contributed by atoms with E-state index in [1.165, 1.54) is 119 Å². The van der Waals surface area contributed by atoms with Crippen molar-refractivity contribution in [2.75, 3.05) is 0 Å². The molecule has 6 rings (SSSR count). The Morgan fingerprint density at radius 1 is 0.329 bits per heavy atom. The third-order valence-corrected chi connectivity index (χ3v) is 16.1. The van der Waals surface area contributed by atoms with Gasteiger partial charge < -0.3 is 9.47 Å². The van der Waals surface area contributed by atoms with E-state index in [9.17, 15) is 9.59 Å². The van der Waals surface area contributed by atoms with E-state index < -0.39 is 0 Å². The molecule has 368 valence electrons. The molecule has 0 radical (unpaired) electrons. The molecule has 0 aliphatic heterocycles. The Hall–Kier alpha value is -4.60. The van der Waals surface area contributed by atoms with Crippen LogP contribution in [0, 0.1) is 0 Å². The summed E-state index contributed by atoms with van der Waals surface area (Å²) < 4.78 is 11.8. The van der Waals surface area contributed by atoms with E-state index in [2.05, 4.69) is 121 Å². The van der Waals surface area contributed by atoms with Gasteiger partial charge in [0.1, 0.15) is 11.5 Å². The average molecular weight is 1010 g/mol. The van der Waals surface area contributed by atoms with E-state index in [0.29, 0.717) is 24.3 Å². The summed E-state index contributed by atoms with van der Waals surface area (Å²) in [5.74, 6) is 4.35. The SMILES string of the molecule is O=C(CCCCCCCCC/C=C/CCCCCCCCCC(=O)Oc1cc(CSc2ccccc2)cc(CSc2ccccc2)c1)Oc1cc(CSc2ccccc2)cc(CSc2ccccc2)c1. The second-order valence-electron chi connectivity index (χ2n) is 17.8. The molecule has 6 aromatic carbocycles. The molecule has 0 aliphatic rings. The molecule has 0 spiro atoms. The molecule has 0 bridgehead atoms. The second-order valence-corrected chi connectivity index (χ2v) is 22.0. The van der Waals surface area contributed by atoms with Gasteiger partial charge in [0.05, 0.1) is 0 Å². The van der Waals surface area contributed by atoms with Gasteiger partial charge in [-0.1, -0.05) is 161 Å². The van der Waals surface area contributed by atoms with Crippen molar-refractivity contribution in [2.45, 2.75) is 158 Å². The number of carbonyl (C=O) groups is 2. The van der Waals surface area contributed by atoms with Crippen LogP contribution in [0.2, 0.25) is 0 Å². The van der Waals surface area contributed by atoms with Gasteiger partial charge in [-0.3, -0.25) is 9.59 Å². The van der Waals surface area contributed by atoms with Crippen LogP contribution in [0.25, 0.3) is 0 Å². The van der Waals surface area contributed by atoms with Gasteiger partial charge in [-0.25, -0.2) is 0 Å². The standard InChI is InChI=1S/C62H72O4S4/c63-61(65-55-43-51(47-67-57-31-21-17-22-32-57)41-52(44-55)48-68-58-33-23-18-24-34-58)39-29-15-13-11-9-7-5-3-1-2-4-6-8-10-12-14-16-30-40-62(64)66-56-45-53(49-69-59-35-25-19-26-36-59)42-54(46-56)50-70-60-37-27-20-28-38-60/h1-2,17-28,31-38,41-46H,3-16,29-30,39-40,47-50H2/b2-1+. The molecule has 0 aromatic heterocycles. The zero-order valence-electron chi connectivity index (χ0n) is 41.0. The van der Waals surface area contributed by atoms with E-state index >= 15 is 0 Å². The van der Waals surface area contributed by atoms with Gasteiger partial charge >= 0.3 is 11.9 Å². The van der Waals surface area contributed by atoms with E-state index in [0.717, 1.165) is 48.7 Å². The molecule has 0 saturated carbocycles. The van der Waals surface area contributed by atoms with Gasteiger partial charge in [0, 0.05) is 55.4 Å². The molecule has 6 aromatic rings. The van der Waals surface area contributed by atoms with E-state index in [1.807, 2.05) is 48.5 Å². The first kappa shape index (κ1) is 54.7. The molecule has 70 heavy (non-hydrogen) atoms. The van der Waals surface area contributed by atoms with Gasteiger partial charge in [-0.05, 0) is 134 Å². The summed E-state index contributed by atoms with van der Waals surface area (Å²) in [4.78, 5) is 30.7. The van der Waals surface area contributed by atoms with Gasteiger partial charge in [-0.2, -0.15) is 0 Å². The number of rotatable bonds is 34. The van der Waals surface area contributed by atoms with E-state index in [-0.39, 0.29) is 11.9 Å². The van der Waals surface area contributed by atoms with Crippen molar-refractivity contribution in [1.82, 2.24) is 0 Å². The van der Waals surface area contributed by atoms with Crippen LogP contribution in [0.4, 0.5) is 0 Å². The predicted octanol–water partition coefficient (Wildman–Crippen LogP) is 18.9. The first-order valence-electron chi connectivity index (χ1n) is 25.6. The number of benzene rings is 6. The van der Waals surface area contributed by atoms with E-state index in [1.54, 1.807) is 47.0 Å². The minimum absolute atomic E-state index is 0.135. The van der Waals surface area contributed by atoms with Crippen LogP contribution in [0.3, 0.4) is 0 Å². The lowest BCUT2D eigenvalue weighted by Gasteiger charge is -2.11. The highest BCUT2D eigenvalue weighted by molar-refractivity contribution is 7.99. The third kappa shape index (κ3) is 23.5. The Morgan fingerprint density at radius 2 is 0.586 bits per heavy atom. The summed E-state index contributed by atoms with van der Waals surface area (Å²) in [5, 5.41) is 0. The fraction of sp³-hybridized carbons (Fsp3) is 0.355. The normalized spacial score (nSPS) is 11.3. The topological polar surface area (TPSA) is 52.6 Å². The highest BCUT2D eigenvalue weighted by Gasteiger charge is 2.12. The highest BCUT2D eigenvalue weighted by atomic mass is 32.2. The second kappa shape index (κ2) is 33.9. The van der Waals surface area contributed by atoms with Crippen LogP contribution in [0.1, 0.15) is 138 Å². The van der Waals surface area contributed by atoms with Crippen LogP contribution < -0.4 is 9.47 Å². The minimum atomic E-state index is -0.135. The number of carbonyl (C=O) groups excluding carboxylic acids is 2. The number of hydrogen-bond donors (Lipinski definition) is 0. The summed E-state index contributed by atoms with van der Waals surface area (Å²) in [5.41, 5.74) is 4.68. The fourth-order valence-corrected chi connectivity index (χ4v) is 11.5. The van der Waals surface area contributed by atoms with Gasteiger partial charge in [0.25, 0.3) is 0 Å². The number of thioether (sulfide) groups is 4. The molecule has 0 saturated heterocycles.